The summed E-state index contributed by atoms with van der Waals surface area (Å²) in [5.74, 6) is -1.41. The van der Waals surface area contributed by atoms with Crippen LogP contribution in [0.1, 0.15) is 10.4 Å². The van der Waals surface area contributed by atoms with Crippen molar-refractivity contribution in [2.24, 2.45) is 13.0 Å². The number of nitrogens with zero attached hydrogens (tertiary/aromatic N) is 3. The zero-order valence-corrected chi connectivity index (χ0v) is 8.25. The Morgan fingerprint density at radius 2 is 2.20 bits per heavy atom. The van der Waals surface area contributed by atoms with Gasteiger partial charge in [-0.1, -0.05) is 0 Å². The first-order valence-corrected chi connectivity index (χ1v) is 4.58. The molecule has 6 heteroatoms. The molecule has 15 heavy (non-hydrogen) atoms. The Morgan fingerprint density at radius 3 is 2.67 bits per heavy atom. The van der Waals surface area contributed by atoms with Gasteiger partial charge in [-0.3, -0.25) is 14.3 Å². The lowest BCUT2D eigenvalue weighted by Gasteiger charge is -2.36. The number of carbonyl (C=O) groups is 2. The molecule has 0 radical (unpaired) electrons. The molecular weight excluding hydrogens is 198 g/mol. The molecular formula is C9H11N3O3. The molecule has 1 amide bonds. The van der Waals surface area contributed by atoms with Gasteiger partial charge in [0, 0.05) is 26.3 Å². The van der Waals surface area contributed by atoms with E-state index >= 15 is 0 Å². The van der Waals surface area contributed by atoms with Gasteiger partial charge in [-0.25, -0.2) is 0 Å². The van der Waals surface area contributed by atoms with E-state index in [1.54, 1.807) is 17.9 Å². The summed E-state index contributed by atoms with van der Waals surface area (Å²) in [7, 11) is 1.73. The topological polar surface area (TPSA) is 75.4 Å². The Balaban J connectivity index is 1.97. The van der Waals surface area contributed by atoms with Gasteiger partial charge in [0.1, 0.15) is 0 Å². The fraction of sp³-hybridized carbons (Fsp3) is 0.444. The van der Waals surface area contributed by atoms with Crippen LogP contribution in [0, 0.1) is 5.92 Å². The minimum atomic E-state index is -0.842. The van der Waals surface area contributed by atoms with Crippen LogP contribution >= 0.6 is 0 Å². The summed E-state index contributed by atoms with van der Waals surface area (Å²) in [4.78, 5) is 23.7. The molecule has 0 aliphatic carbocycles. The molecule has 0 saturated carbocycles. The number of carboxylic acid groups (broad SMARTS) is 1. The van der Waals surface area contributed by atoms with Crippen molar-refractivity contribution < 1.29 is 14.7 Å². The van der Waals surface area contributed by atoms with Crippen LogP contribution in [0.5, 0.6) is 0 Å². The van der Waals surface area contributed by atoms with Crippen molar-refractivity contribution in [3.05, 3.63) is 18.0 Å². The lowest BCUT2D eigenvalue weighted by Crippen LogP contribution is -2.52. The molecule has 0 atom stereocenters. The van der Waals surface area contributed by atoms with Gasteiger partial charge < -0.3 is 10.0 Å². The minimum absolute atomic E-state index is 0.152. The highest BCUT2D eigenvalue weighted by Crippen LogP contribution is 2.18. The summed E-state index contributed by atoms with van der Waals surface area (Å²) >= 11 is 0. The van der Waals surface area contributed by atoms with Crippen molar-refractivity contribution in [1.82, 2.24) is 14.7 Å². The molecule has 1 aromatic rings. The highest BCUT2D eigenvalue weighted by molar-refractivity contribution is 5.95. The lowest BCUT2D eigenvalue weighted by atomic mass is 10.00. The number of rotatable bonds is 2. The normalized spacial score (nSPS) is 16.2. The van der Waals surface area contributed by atoms with Crippen molar-refractivity contribution in [2.75, 3.05) is 13.1 Å². The van der Waals surface area contributed by atoms with Crippen molar-refractivity contribution in [1.29, 1.82) is 0 Å². The van der Waals surface area contributed by atoms with E-state index < -0.39 is 11.9 Å². The maximum Gasteiger partial charge on any atom is 0.310 e. The molecule has 1 fully saturated rings. The smallest absolute Gasteiger partial charge is 0.310 e. The molecule has 1 N–H and O–H groups in total. The molecule has 0 spiro atoms. The Hall–Kier alpha value is -1.85. The average Bonchev–Trinajstić information content (AvgIpc) is 2.48. The molecule has 1 aromatic heterocycles. The van der Waals surface area contributed by atoms with Crippen LogP contribution in [-0.4, -0.2) is 44.8 Å². The van der Waals surface area contributed by atoms with Crippen molar-refractivity contribution >= 4 is 11.9 Å². The number of carbonyl (C=O) groups excluding carboxylic acids is 1. The van der Waals surface area contributed by atoms with Crippen LogP contribution in [0.3, 0.4) is 0 Å². The van der Waals surface area contributed by atoms with Crippen LogP contribution in [0.25, 0.3) is 0 Å². The van der Waals surface area contributed by atoms with Crippen LogP contribution in [0.4, 0.5) is 0 Å². The highest BCUT2D eigenvalue weighted by atomic mass is 16.4. The summed E-state index contributed by atoms with van der Waals surface area (Å²) in [5, 5.41) is 12.5. The number of hydrogen-bond donors (Lipinski definition) is 1. The van der Waals surface area contributed by atoms with Crippen LogP contribution in [0.2, 0.25) is 0 Å². The third-order valence-electron chi connectivity index (χ3n) is 2.47. The van der Waals surface area contributed by atoms with E-state index in [9.17, 15) is 9.59 Å². The first kappa shape index (κ1) is 9.70. The molecule has 2 heterocycles. The highest BCUT2D eigenvalue weighted by Gasteiger charge is 2.36. The number of aromatic nitrogens is 2. The molecule has 1 aliphatic rings. The molecule has 0 aromatic carbocycles. The monoisotopic (exact) mass is 209 g/mol. The van der Waals surface area contributed by atoms with Gasteiger partial charge in [0.2, 0.25) is 0 Å². The first-order valence-electron chi connectivity index (χ1n) is 4.58. The van der Waals surface area contributed by atoms with Gasteiger partial charge in [-0.15, -0.1) is 0 Å². The lowest BCUT2D eigenvalue weighted by molar-refractivity contribution is -0.146. The van der Waals surface area contributed by atoms with Gasteiger partial charge in [0.25, 0.3) is 5.91 Å². The van der Waals surface area contributed by atoms with Crippen molar-refractivity contribution in [3.63, 3.8) is 0 Å². The maximum absolute atomic E-state index is 11.7. The molecule has 0 bridgehead atoms. The summed E-state index contributed by atoms with van der Waals surface area (Å²) in [6, 6.07) is 0. The first-order chi connectivity index (χ1) is 7.08. The Bertz CT molecular complexity index is 406. The standard InChI is InChI=1S/C9H11N3O3/c1-11-3-6(2-10-11)8(13)12-4-7(5-12)9(14)15/h2-3,7H,4-5H2,1H3,(H,14,15). The molecule has 1 aliphatic heterocycles. The second-order valence-corrected chi connectivity index (χ2v) is 3.65. The predicted molar refractivity (Wildman–Crippen MR) is 50.2 cm³/mol. The molecule has 80 valence electrons. The second kappa shape index (κ2) is 3.38. The van der Waals surface area contributed by atoms with Gasteiger partial charge >= 0.3 is 5.97 Å². The zero-order valence-electron chi connectivity index (χ0n) is 8.25. The fourth-order valence-electron chi connectivity index (χ4n) is 1.51. The largest absolute Gasteiger partial charge is 0.481 e. The van der Waals surface area contributed by atoms with E-state index in [0.29, 0.717) is 18.7 Å². The van der Waals surface area contributed by atoms with Crippen LogP contribution in [0.15, 0.2) is 12.4 Å². The second-order valence-electron chi connectivity index (χ2n) is 3.65. The zero-order chi connectivity index (χ0) is 11.0. The quantitative estimate of drug-likeness (QED) is 0.717. The van der Waals surface area contributed by atoms with Gasteiger partial charge in [0.15, 0.2) is 0 Å². The molecule has 0 unspecified atom stereocenters. The number of aliphatic carboxylic acids is 1. The van der Waals surface area contributed by atoms with Gasteiger partial charge in [0.05, 0.1) is 17.7 Å². The van der Waals surface area contributed by atoms with Crippen LogP contribution in [-0.2, 0) is 11.8 Å². The van der Waals surface area contributed by atoms with Crippen molar-refractivity contribution in [2.45, 2.75) is 0 Å². The molecule has 2 rings (SSSR count). The van der Waals surface area contributed by atoms with E-state index in [1.165, 1.54) is 11.1 Å². The number of amides is 1. The fourth-order valence-corrected chi connectivity index (χ4v) is 1.51. The summed E-state index contributed by atoms with van der Waals surface area (Å²) in [6.07, 6.45) is 3.10. The van der Waals surface area contributed by atoms with E-state index in [1.807, 2.05) is 0 Å². The van der Waals surface area contributed by atoms with E-state index in [4.69, 9.17) is 5.11 Å². The summed E-state index contributed by atoms with van der Waals surface area (Å²) < 4.78 is 1.54. The Morgan fingerprint density at radius 1 is 1.53 bits per heavy atom. The van der Waals surface area contributed by atoms with E-state index in [0.717, 1.165) is 0 Å². The molecule has 1 saturated heterocycles. The predicted octanol–water partition coefficient (Wildman–Crippen LogP) is -0.423. The molecule has 6 nitrogen and oxygen atoms in total. The number of likely N-dealkylation sites (tertiary alicyclic amines) is 1. The third kappa shape index (κ3) is 1.70. The number of carboxylic acids is 1. The van der Waals surface area contributed by atoms with E-state index in [-0.39, 0.29) is 5.91 Å². The maximum atomic E-state index is 11.7. The van der Waals surface area contributed by atoms with Crippen molar-refractivity contribution in [3.8, 4) is 0 Å². The number of hydrogen-bond acceptors (Lipinski definition) is 3. The Kier molecular flexibility index (Phi) is 2.18. The SMILES string of the molecule is Cn1cc(C(=O)N2CC(C(=O)O)C2)cn1. The average molecular weight is 209 g/mol. The van der Waals surface area contributed by atoms with E-state index in [2.05, 4.69) is 5.10 Å². The number of aryl methyl sites for hydroxylation is 1. The Labute approximate surface area is 86.1 Å². The van der Waals surface area contributed by atoms with Gasteiger partial charge in [-0.05, 0) is 0 Å². The minimum Gasteiger partial charge on any atom is -0.481 e. The third-order valence-corrected chi connectivity index (χ3v) is 2.47. The van der Waals surface area contributed by atoms with Gasteiger partial charge in [-0.2, -0.15) is 5.10 Å². The summed E-state index contributed by atoms with van der Waals surface area (Å²) in [5.41, 5.74) is 0.501. The summed E-state index contributed by atoms with van der Waals surface area (Å²) in [6.45, 7) is 0.589. The van der Waals surface area contributed by atoms with Crippen LogP contribution < -0.4 is 0 Å².